The second kappa shape index (κ2) is 8.64. The highest BCUT2D eigenvalue weighted by molar-refractivity contribution is 7.98. The van der Waals surface area contributed by atoms with E-state index in [1.165, 1.54) is 24.6 Å². The Bertz CT molecular complexity index is 1260. The summed E-state index contributed by atoms with van der Waals surface area (Å²) in [6.45, 7) is 4.96. The number of aromatic nitrogens is 5. The average molecular weight is 433 g/mol. The minimum atomic E-state index is -0.108. The lowest BCUT2D eigenvalue weighted by Crippen LogP contribution is -2.21. The molecule has 1 N–H and O–H groups in total. The van der Waals surface area contributed by atoms with Crippen LogP contribution in [0.1, 0.15) is 30.1 Å². The molecule has 7 nitrogen and oxygen atoms in total. The van der Waals surface area contributed by atoms with E-state index in [9.17, 15) is 4.79 Å². The minimum absolute atomic E-state index is 0.108. The molecule has 5 rings (SSSR count). The first-order chi connectivity index (χ1) is 15.2. The van der Waals surface area contributed by atoms with E-state index in [4.69, 9.17) is 4.98 Å². The fourth-order valence-electron chi connectivity index (χ4n) is 4.03. The monoisotopic (exact) mass is 432 g/mol. The summed E-state index contributed by atoms with van der Waals surface area (Å²) in [6, 6.07) is 15.9. The van der Waals surface area contributed by atoms with Gasteiger partial charge in [0, 0.05) is 5.69 Å². The molecular formula is C23H24N6OS. The van der Waals surface area contributed by atoms with Gasteiger partial charge in [-0.05, 0) is 56.6 Å². The summed E-state index contributed by atoms with van der Waals surface area (Å²) >= 11 is 1.54. The zero-order valence-corrected chi connectivity index (χ0v) is 18.2. The number of fused-ring (bicyclic) bond motifs is 1. The van der Waals surface area contributed by atoms with E-state index in [1.807, 2.05) is 43.3 Å². The van der Waals surface area contributed by atoms with Crippen molar-refractivity contribution >= 4 is 22.7 Å². The molecule has 3 heterocycles. The van der Waals surface area contributed by atoms with Crippen LogP contribution in [-0.2, 0) is 12.3 Å². The molecule has 1 aliphatic rings. The molecule has 0 unspecified atom stereocenters. The van der Waals surface area contributed by atoms with Gasteiger partial charge in [-0.25, -0.2) is 4.98 Å². The number of nitrogens with one attached hydrogen (secondary N) is 1. The lowest BCUT2D eigenvalue weighted by Gasteiger charge is -2.16. The molecule has 0 amide bonds. The fraction of sp³-hybridized carbons (Fsp3) is 0.304. The van der Waals surface area contributed by atoms with Gasteiger partial charge in [0.25, 0.3) is 5.56 Å². The van der Waals surface area contributed by atoms with Gasteiger partial charge in [-0.2, -0.15) is 0 Å². The molecule has 2 aromatic carbocycles. The van der Waals surface area contributed by atoms with Crippen LogP contribution in [0, 0.1) is 6.92 Å². The smallest absolute Gasteiger partial charge is 0.258 e. The van der Waals surface area contributed by atoms with Crippen LogP contribution in [0.4, 0.5) is 0 Å². The zero-order valence-electron chi connectivity index (χ0n) is 17.4. The Kier molecular flexibility index (Phi) is 5.57. The number of thioether (sulfide) groups is 1. The third-order valence-electron chi connectivity index (χ3n) is 5.60. The second-order valence-electron chi connectivity index (χ2n) is 7.83. The van der Waals surface area contributed by atoms with Crippen molar-refractivity contribution in [3.05, 3.63) is 76.1 Å². The molecule has 0 bridgehead atoms. The van der Waals surface area contributed by atoms with E-state index >= 15 is 0 Å². The first-order valence-electron chi connectivity index (χ1n) is 10.5. The number of hydrogen-bond donors (Lipinski definition) is 1. The molecule has 4 aromatic rings. The van der Waals surface area contributed by atoms with Crippen molar-refractivity contribution in [1.29, 1.82) is 0 Å². The second-order valence-corrected chi connectivity index (χ2v) is 8.77. The third-order valence-corrected chi connectivity index (χ3v) is 6.54. The Hall–Kier alpha value is -2.97. The predicted molar refractivity (Wildman–Crippen MR) is 123 cm³/mol. The summed E-state index contributed by atoms with van der Waals surface area (Å²) in [6.07, 6.45) is 2.48. The Balaban J connectivity index is 1.45. The van der Waals surface area contributed by atoms with E-state index in [-0.39, 0.29) is 5.56 Å². The van der Waals surface area contributed by atoms with Crippen LogP contribution in [0.2, 0.25) is 0 Å². The van der Waals surface area contributed by atoms with E-state index in [0.717, 1.165) is 47.4 Å². The van der Waals surface area contributed by atoms with Gasteiger partial charge in [-0.15, -0.1) is 10.2 Å². The quantitative estimate of drug-likeness (QED) is 0.468. The summed E-state index contributed by atoms with van der Waals surface area (Å²) in [5.41, 5.74) is 2.68. The van der Waals surface area contributed by atoms with Crippen molar-refractivity contribution in [2.24, 2.45) is 0 Å². The Morgan fingerprint density at radius 3 is 2.65 bits per heavy atom. The number of nitrogens with zero attached hydrogens (tertiary/aromatic N) is 5. The number of benzene rings is 2. The van der Waals surface area contributed by atoms with Crippen LogP contribution in [0.3, 0.4) is 0 Å². The van der Waals surface area contributed by atoms with Crippen LogP contribution in [0.5, 0.6) is 0 Å². The van der Waals surface area contributed by atoms with Crippen molar-refractivity contribution in [3.8, 4) is 5.69 Å². The summed E-state index contributed by atoms with van der Waals surface area (Å²) in [5.74, 6) is 2.08. The molecule has 0 saturated carbocycles. The zero-order chi connectivity index (χ0) is 21.2. The van der Waals surface area contributed by atoms with Gasteiger partial charge in [0.2, 0.25) is 0 Å². The summed E-state index contributed by atoms with van der Waals surface area (Å²) in [4.78, 5) is 22.5. The molecule has 8 heteroatoms. The van der Waals surface area contributed by atoms with Gasteiger partial charge in [0.1, 0.15) is 5.82 Å². The molecule has 158 valence electrons. The van der Waals surface area contributed by atoms with Crippen molar-refractivity contribution < 1.29 is 0 Å². The van der Waals surface area contributed by atoms with Crippen LogP contribution in [0.15, 0.2) is 58.5 Å². The molecule has 0 aliphatic carbocycles. The van der Waals surface area contributed by atoms with E-state index in [0.29, 0.717) is 17.0 Å². The first-order valence-corrected chi connectivity index (χ1v) is 11.5. The number of rotatable bonds is 6. The summed E-state index contributed by atoms with van der Waals surface area (Å²) in [5, 5.41) is 10.4. The molecule has 1 saturated heterocycles. The molecular weight excluding hydrogens is 408 g/mol. The SMILES string of the molecule is Cc1cccc2c(=O)[nH]c(CSc3nnc(CN4CCCC4)n3-c3ccccc3)nc12. The number of para-hydroxylation sites is 2. The van der Waals surface area contributed by atoms with Gasteiger partial charge in [0.15, 0.2) is 11.0 Å². The van der Waals surface area contributed by atoms with Crippen LogP contribution >= 0.6 is 11.8 Å². The van der Waals surface area contributed by atoms with Crippen LogP contribution < -0.4 is 5.56 Å². The number of hydrogen-bond acceptors (Lipinski definition) is 6. The molecule has 0 radical (unpaired) electrons. The molecule has 0 atom stereocenters. The van der Waals surface area contributed by atoms with Crippen LogP contribution in [-0.4, -0.2) is 42.7 Å². The van der Waals surface area contributed by atoms with Crippen molar-refractivity contribution in [3.63, 3.8) is 0 Å². The first kappa shape index (κ1) is 20.0. The van der Waals surface area contributed by atoms with E-state index in [2.05, 4.69) is 36.8 Å². The average Bonchev–Trinajstić information content (AvgIpc) is 3.44. The van der Waals surface area contributed by atoms with Crippen molar-refractivity contribution in [2.45, 2.75) is 37.2 Å². The third kappa shape index (κ3) is 4.13. The topological polar surface area (TPSA) is 79.7 Å². The van der Waals surface area contributed by atoms with Gasteiger partial charge >= 0.3 is 0 Å². The maximum Gasteiger partial charge on any atom is 0.258 e. The summed E-state index contributed by atoms with van der Waals surface area (Å²) in [7, 11) is 0. The minimum Gasteiger partial charge on any atom is -0.309 e. The Morgan fingerprint density at radius 2 is 1.84 bits per heavy atom. The van der Waals surface area contributed by atoms with E-state index < -0.39 is 0 Å². The maximum absolute atomic E-state index is 12.5. The highest BCUT2D eigenvalue weighted by Crippen LogP contribution is 2.26. The number of aryl methyl sites for hydroxylation is 1. The number of aromatic amines is 1. The molecule has 2 aromatic heterocycles. The van der Waals surface area contributed by atoms with E-state index in [1.54, 1.807) is 0 Å². The lowest BCUT2D eigenvalue weighted by molar-refractivity contribution is 0.319. The number of H-pyrrole nitrogens is 1. The number of likely N-dealkylation sites (tertiary alicyclic amines) is 1. The standard InChI is InChI=1S/C23H24N6OS/c1-16-8-7-11-18-21(16)24-19(25-22(18)30)15-31-23-27-26-20(14-28-12-5-6-13-28)29(23)17-9-3-2-4-10-17/h2-4,7-11H,5-6,12-15H2,1H3,(H,24,25,30). The van der Waals surface area contributed by atoms with Crippen LogP contribution in [0.25, 0.3) is 16.6 Å². The van der Waals surface area contributed by atoms with Gasteiger partial charge in [0.05, 0.1) is 23.2 Å². The Labute approximate surface area is 184 Å². The predicted octanol–water partition coefficient (Wildman–Crippen LogP) is 3.70. The fourth-order valence-corrected chi connectivity index (χ4v) is 4.87. The highest BCUT2D eigenvalue weighted by Gasteiger charge is 2.19. The molecule has 1 aliphatic heterocycles. The maximum atomic E-state index is 12.5. The summed E-state index contributed by atoms with van der Waals surface area (Å²) < 4.78 is 2.12. The molecule has 0 spiro atoms. The van der Waals surface area contributed by atoms with Crippen molar-refractivity contribution in [2.75, 3.05) is 13.1 Å². The molecule has 1 fully saturated rings. The Morgan fingerprint density at radius 1 is 1.03 bits per heavy atom. The normalized spacial score (nSPS) is 14.5. The molecule has 31 heavy (non-hydrogen) atoms. The van der Waals surface area contributed by atoms with Gasteiger partial charge < -0.3 is 4.98 Å². The highest BCUT2D eigenvalue weighted by atomic mass is 32.2. The lowest BCUT2D eigenvalue weighted by atomic mass is 10.1. The van der Waals surface area contributed by atoms with Gasteiger partial charge in [-0.1, -0.05) is 42.1 Å². The largest absolute Gasteiger partial charge is 0.309 e. The van der Waals surface area contributed by atoms with Crippen molar-refractivity contribution in [1.82, 2.24) is 29.6 Å². The van der Waals surface area contributed by atoms with Gasteiger partial charge in [-0.3, -0.25) is 14.3 Å².